The van der Waals surface area contributed by atoms with E-state index in [1.54, 1.807) is 12.1 Å². The molecule has 0 heterocycles. The van der Waals surface area contributed by atoms with Gasteiger partial charge < -0.3 is 0 Å². The largest absolute Gasteiger partial charge is 0.287 e. The minimum Gasteiger partial charge on any atom is -0.287 e. The summed E-state index contributed by atoms with van der Waals surface area (Å²) in [5.74, 6) is 11.4. The summed E-state index contributed by atoms with van der Waals surface area (Å²) in [6.45, 7) is 1.41. The number of rotatable bonds is 1. The van der Waals surface area contributed by atoms with Gasteiger partial charge in [0.05, 0.1) is 10.5 Å². The van der Waals surface area contributed by atoms with Crippen LogP contribution in [0.1, 0.15) is 29.2 Å². The van der Waals surface area contributed by atoms with Gasteiger partial charge in [0.25, 0.3) is 0 Å². The number of carbonyl (C=O) groups is 1. The molecule has 0 bridgehead atoms. The molecule has 0 spiro atoms. The molecule has 0 amide bonds. The van der Waals surface area contributed by atoms with E-state index in [2.05, 4.69) is 23.7 Å². The zero-order valence-corrected chi connectivity index (χ0v) is 15.4. The first-order valence-corrected chi connectivity index (χ1v) is 9.10. The molecule has 0 aliphatic rings. The third-order valence-corrected chi connectivity index (χ3v) is 4.40. The first kappa shape index (κ1) is 18.5. The fraction of sp³-hybridized carbons (Fsp3) is 0.0417. The number of benzene rings is 3. The quantitative estimate of drug-likeness (QED) is 0.429. The van der Waals surface area contributed by atoms with Crippen LogP contribution in [0.5, 0.6) is 0 Å². The second-order valence-corrected chi connectivity index (χ2v) is 6.84. The molecule has 0 unspecified atom stereocenters. The van der Waals surface area contributed by atoms with Crippen LogP contribution < -0.4 is 0 Å². The highest BCUT2D eigenvalue weighted by Crippen LogP contribution is 2.26. The van der Waals surface area contributed by atoms with E-state index in [1.807, 2.05) is 60.7 Å². The van der Waals surface area contributed by atoms with E-state index in [0.717, 1.165) is 22.9 Å². The van der Waals surface area contributed by atoms with Crippen molar-refractivity contribution in [1.29, 1.82) is 0 Å². The van der Waals surface area contributed by atoms with Gasteiger partial charge in [-0.25, -0.2) is 4.39 Å². The van der Waals surface area contributed by atoms with E-state index < -0.39 is 5.82 Å². The van der Waals surface area contributed by atoms with Crippen LogP contribution in [0.2, 0.25) is 0 Å². The maximum atomic E-state index is 15.0. The van der Waals surface area contributed by atoms with Crippen molar-refractivity contribution in [1.82, 2.24) is 0 Å². The number of thioether (sulfide) groups is 1. The van der Waals surface area contributed by atoms with Crippen LogP contribution in [0.4, 0.5) is 4.39 Å². The Labute approximate surface area is 162 Å². The molecule has 0 aliphatic carbocycles. The maximum Gasteiger partial charge on any atom is 0.190 e. The summed E-state index contributed by atoms with van der Waals surface area (Å²) >= 11 is 0.854. The summed E-state index contributed by atoms with van der Waals surface area (Å²) in [5, 5.41) is -0.181. The zero-order valence-electron chi connectivity index (χ0n) is 14.6. The van der Waals surface area contributed by atoms with Crippen molar-refractivity contribution in [3.8, 4) is 23.7 Å². The van der Waals surface area contributed by atoms with Gasteiger partial charge in [-0.1, -0.05) is 60.1 Å². The third kappa shape index (κ3) is 5.11. The van der Waals surface area contributed by atoms with Gasteiger partial charge in [0.2, 0.25) is 0 Å². The molecule has 0 N–H and O–H groups in total. The smallest absolute Gasteiger partial charge is 0.190 e. The minimum absolute atomic E-state index is 0.181. The van der Waals surface area contributed by atoms with Crippen LogP contribution in [0.25, 0.3) is 0 Å². The van der Waals surface area contributed by atoms with Crippen molar-refractivity contribution in [2.24, 2.45) is 0 Å². The molecule has 0 fully saturated rings. The molecule has 3 aromatic carbocycles. The number of carbonyl (C=O) groups excluding carboxylic acids is 1. The van der Waals surface area contributed by atoms with Gasteiger partial charge in [-0.2, -0.15) is 0 Å². The van der Waals surface area contributed by atoms with E-state index in [0.29, 0.717) is 5.56 Å². The molecular formula is C24H15FOS. The third-order valence-electron chi connectivity index (χ3n) is 3.58. The first-order chi connectivity index (χ1) is 13.1. The molecule has 0 saturated heterocycles. The highest BCUT2D eigenvalue weighted by molar-refractivity contribution is 8.13. The standard InChI is InChI=1S/C24H15FOS/c1-18(26)27-23-17-15-21(14-12-19-8-4-2-5-9-19)22(24(23)25)16-13-20-10-6-3-7-11-20/h2-11,15,17H,1H3. The van der Waals surface area contributed by atoms with Gasteiger partial charge in [-0.3, -0.25) is 4.79 Å². The average molecular weight is 370 g/mol. The predicted octanol–water partition coefficient (Wildman–Crippen LogP) is 5.26. The molecule has 27 heavy (non-hydrogen) atoms. The van der Waals surface area contributed by atoms with Crippen molar-refractivity contribution in [2.75, 3.05) is 0 Å². The maximum absolute atomic E-state index is 15.0. The highest BCUT2D eigenvalue weighted by Gasteiger charge is 2.13. The summed E-state index contributed by atoms with van der Waals surface area (Å²) in [6.07, 6.45) is 0. The second kappa shape index (κ2) is 8.90. The Morgan fingerprint density at radius 1 is 0.778 bits per heavy atom. The fourth-order valence-electron chi connectivity index (χ4n) is 2.33. The SMILES string of the molecule is CC(=O)Sc1ccc(C#Cc2ccccc2)c(C#Cc2ccccc2)c1F. The summed E-state index contributed by atoms with van der Waals surface area (Å²) in [5.41, 5.74) is 2.31. The molecule has 0 aromatic heterocycles. The van der Waals surface area contributed by atoms with Gasteiger partial charge in [0.1, 0.15) is 0 Å². The summed E-state index contributed by atoms with van der Waals surface area (Å²) in [4.78, 5) is 11.6. The number of hydrogen-bond donors (Lipinski definition) is 0. The second-order valence-electron chi connectivity index (χ2n) is 5.63. The zero-order chi connectivity index (χ0) is 19.1. The first-order valence-electron chi connectivity index (χ1n) is 8.28. The predicted molar refractivity (Wildman–Crippen MR) is 108 cm³/mol. The van der Waals surface area contributed by atoms with Gasteiger partial charge >= 0.3 is 0 Å². The highest BCUT2D eigenvalue weighted by atomic mass is 32.2. The Balaban J connectivity index is 2.07. The Kier molecular flexibility index (Phi) is 6.10. The van der Waals surface area contributed by atoms with Crippen molar-refractivity contribution in [2.45, 2.75) is 11.8 Å². The summed E-state index contributed by atoms with van der Waals surface area (Å²) in [7, 11) is 0. The fourth-order valence-corrected chi connectivity index (χ4v) is 2.97. The van der Waals surface area contributed by atoms with Crippen LogP contribution in [-0.4, -0.2) is 5.12 Å². The van der Waals surface area contributed by atoms with Gasteiger partial charge in [0, 0.05) is 23.6 Å². The van der Waals surface area contributed by atoms with Crippen molar-refractivity contribution in [3.05, 3.63) is 101 Å². The molecule has 0 aliphatic heterocycles. The van der Waals surface area contributed by atoms with Crippen LogP contribution in [0, 0.1) is 29.5 Å². The normalized spacial score (nSPS) is 9.56. The van der Waals surface area contributed by atoms with E-state index in [4.69, 9.17) is 0 Å². The molecular weight excluding hydrogens is 355 g/mol. The topological polar surface area (TPSA) is 17.1 Å². The molecule has 1 nitrogen and oxygen atoms in total. The lowest BCUT2D eigenvalue weighted by Crippen LogP contribution is -1.95. The molecule has 0 radical (unpaired) electrons. The lowest BCUT2D eigenvalue weighted by Gasteiger charge is -2.05. The molecule has 3 rings (SSSR count). The van der Waals surface area contributed by atoms with Crippen molar-refractivity contribution in [3.63, 3.8) is 0 Å². The van der Waals surface area contributed by atoms with Crippen molar-refractivity contribution < 1.29 is 9.18 Å². The summed E-state index contributed by atoms with van der Waals surface area (Å²) < 4.78 is 15.0. The van der Waals surface area contributed by atoms with E-state index in [-0.39, 0.29) is 15.6 Å². The Morgan fingerprint density at radius 2 is 1.33 bits per heavy atom. The van der Waals surface area contributed by atoms with E-state index in [1.165, 1.54) is 6.92 Å². The van der Waals surface area contributed by atoms with Gasteiger partial charge in [-0.15, -0.1) is 0 Å². The Hall–Kier alpha value is -3.27. The molecule has 3 heteroatoms. The number of halogens is 1. The van der Waals surface area contributed by atoms with E-state index >= 15 is 0 Å². The summed E-state index contributed by atoms with van der Waals surface area (Å²) in [6, 6.07) is 22.1. The van der Waals surface area contributed by atoms with Crippen LogP contribution in [0.3, 0.4) is 0 Å². The lowest BCUT2D eigenvalue weighted by molar-refractivity contribution is -0.109. The Bertz CT molecular complexity index is 1080. The monoisotopic (exact) mass is 370 g/mol. The van der Waals surface area contributed by atoms with Gasteiger partial charge in [-0.05, 0) is 48.2 Å². The van der Waals surface area contributed by atoms with Crippen LogP contribution in [0.15, 0.2) is 77.7 Å². The van der Waals surface area contributed by atoms with Crippen LogP contribution >= 0.6 is 11.8 Å². The van der Waals surface area contributed by atoms with Crippen molar-refractivity contribution >= 4 is 16.9 Å². The lowest BCUT2D eigenvalue weighted by atomic mass is 10.1. The molecule has 0 atom stereocenters. The van der Waals surface area contributed by atoms with Gasteiger partial charge in [0.15, 0.2) is 10.9 Å². The molecule has 3 aromatic rings. The Morgan fingerprint density at radius 3 is 1.89 bits per heavy atom. The van der Waals surface area contributed by atoms with Crippen LogP contribution in [-0.2, 0) is 4.79 Å². The van der Waals surface area contributed by atoms with E-state index in [9.17, 15) is 9.18 Å². The molecule has 0 saturated carbocycles. The number of hydrogen-bond acceptors (Lipinski definition) is 2. The average Bonchev–Trinajstić information content (AvgIpc) is 2.69. The minimum atomic E-state index is -0.515. The molecule has 130 valence electrons.